The Morgan fingerprint density at radius 3 is 2.75 bits per heavy atom. The van der Waals surface area contributed by atoms with Gasteiger partial charge in [0.25, 0.3) is 5.95 Å². The van der Waals surface area contributed by atoms with Gasteiger partial charge in [0, 0.05) is 10.1 Å². The lowest BCUT2D eigenvalue weighted by Crippen LogP contribution is -2.41. The zero-order valence-electron chi connectivity index (χ0n) is 17.3. The van der Waals surface area contributed by atoms with E-state index in [1.54, 1.807) is 16.0 Å². The number of para-hydroxylation sites is 1. The van der Waals surface area contributed by atoms with Crippen molar-refractivity contribution in [3.8, 4) is 10.9 Å². The summed E-state index contributed by atoms with van der Waals surface area (Å²) in [7, 11) is 0. The average Bonchev–Trinajstić information content (AvgIpc) is 3.22. The number of amides is 1. The molecule has 3 aromatic heterocycles. The number of thiophene rings is 1. The van der Waals surface area contributed by atoms with Gasteiger partial charge in [0.1, 0.15) is 15.3 Å². The molecule has 2 fully saturated rings. The van der Waals surface area contributed by atoms with Gasteiger partial charge in [-0.2, -0.15) is 4.68 Å². The van der Waals surface area contributed by atoms with Gasteiger partial charge in [-0.3, -0.25) is 4.79 Å². The molecular formula is C21H19N7O2S2. The summed E-state index contributed by atoms with van der Waals surface area (Å²) in [6, 6.07) is 9.81. The van der Waals surface area contributed by atoms with Crippen LogP contribution in [-0.4, -0.2) is 40.4 Å². The fraction of sp³-hybridized carbons (Fsp3) is 0.381. The van der Waals surface area contributed by atoms with Crippen molar-refractivity contribution in [2.24, 2.45) is 5.18 Å². The van der Waals surface area contributed by atoms with E-state index >= 15 is 0 Å². The normalized spacial score (nSPS) is 17.4. The molecule has 9 nitrogen and oxygen atoms in total. The molecule has 0 spiro atoms. The highest BCUT2D eigenvalue weighted by Crippen LogP contribution is 2.50. The van der Waals surface area contributed by atoms with Crippen molar-refractivity contribution in [2.45, 2.75) is 54.8 Å². The Morgan fingerprint density at radius 2 is 2.03 bits per heavy atom. The van der Waals surface area contributed by atoms with Crippen molar-refractivity contribution in [3.63, 3.8) is 0 Å². The predicted molar refractivity (Wildman–Crippen MR) is 122 cm³/mol. The van der Waals surface area contributed by atoms with Gasteiger partial charge in [-0.15, -0.1) is 31.5 Å². The molecule has 2 aliphatic rings. The lowest BCUT2D eigenvalue weighted by atomic mass is 9.84. The van der Waals surface area contributed by atoms with Crippen LogP contribution < -0.4 is 0 Å². The van der Waals surface area contributed by atoms with E-state index in [2.05, 4.69) is 38.7 Å². The summed E-state index contributed by atoms with van der Waals surface area (Å²) < 4.78 is 2.75. The number of carbonyl (C=O) groups excluding carboxylic acids is 1. The Kier molecular flexibility index (Phi) is 4.51. The number of fused-ring (bicyclic) bond motifs is 1. The quantitative estimate of drug-likeness (QED) is 0.384. The maximum atomic E-state index is 12.4. The van der Waals surface area contributed by atoms with Crippen molar-refractivity contribution < 1.29 is 4.79 Å². The summed E-state index contributed by atoms with van der Waals surface area (Å²) in [5.41, 5.74) is 2.82. The van der Waals surface area contributed by atoms with Crippen LogP contribution in [0.3, 0.4) is 0 Å². The Balaban J connectivity index is 1.52. The van der Waals surface area contributed by atoms with E-state index in [1.165, 1.54) is 35.0 Å². The average molecular weight is 466 g/mol. The molecule has 32 heavy (non-hydrogen) atoms. The third-order valence-electron chi connectivity index (χ3n) is 6.19. The molecule has 162 valence electrons. The number of carbonyl (C=O) groups is 1. The van der Waals surface area contributed by atoms with Gasteiger partial charge >= 0.3 is 5.91 Å². The van der Waals surface area contributed by atoms with Gasteiger partial charge in [-0.25, -0.2) is 4.57 Å². The molecule has 0 aliphatic heterocycles. The molecule has 0 bridgehead atoms. The smallest absolute Gasteiger partial charge is 0.267 e. The predicted octanol–water partition coefficient (Wildman–Crippen LogP) is 4.56. The summed E-state index contributed by atoms with van der Waals surface area (Å²) >= 11 is 3.01. The monoisotopic (exact) mass is 465 g/mol. The number of nitrogens with zero attached hydrogens (tertiary/aromatic N) is 7. The molecule has 0 saturated heterocycles. The molecule has 3 heterocycles. The van der Waals surface area contributed by atoms with Crippen molar-refractivity contribution >= 4 is 40.0 Å². The number of rotatable bonds is 6. The van der Waals surface area contributed by atoms with Crippen molar-refractivity contribution in [1.82, 2.24) is 29.8 Å². The zero-order chi connectivity index (χ0) is 21.9. The highest BCUT2D eigenvalue weighted by atomic mass is 32.2. The van der Waals surface area contributed by atoms with Crippen molar-refractivity contribution in [3.05, 3.63) is 45.7 Å². The molecule has 4 aromatic rings. The summed E-state index contributed by atoms with van der Waals surface area (Å²) in [6.45, 7) is 2.13. The summed E-state index contributed by atoms with van der Waals surface area (Å²) in [5.74, 6) is 0.499. The molecule has 1 aromatic carbocycles. The molecule has 2 aliphatic carbocycles. The minimum atomic E-state index is -0.861. The van der Waals surface area contributed by atoms with E-state index < -0.39 is 10.7 Å². The van der Waals surface area contributed by atoms with Gasteiger partial charge in [-0.1, -0.05) is 29.1 Å². The number of benzene rings is 1. The number of aryl methyl sites for hydroxylation is 1. The molecule has 2 saturated carbocycles. The van der Waals surface area contributed by atoms with Crippen LogP contribution >= 0.6 is 23.1 Å². The first kappa shape index (κ1) is 19.7. The van der Waals surface area contributed by atoms with Crippen LogP contribution in [0, 0.1) is 11.8 Å². The van der Waals surface area contributed by atoms with Crippen molar-refractivity contribution in [2.75, 3.05) is 0 Å². The van der Waals surface area contributed by atoms with Crippen LogP contribution in [0.1, 0.15) is 48.5 Å². The number of aromatic nitrogens is 6. The molecule has 6 rings (SSSR count). The molecule has 0 unspecified atom stereocenters. The maximum Gasteiger partial charge on any atom is 0.302 e. The Hall–Kier alpha value is -2.92. The third kappa shape index (κ3) is 3.02. The lowest BCUT2D eigenvalue weighted by molar-refractivity contribution is -0.122. The molecule has 0 atom stereocenters. The van der Waals surface area contributed by atoms with Crippen LogP contribution in [-0.2, 0) is 4.79 Å². The largest absolute Gasteiger partial charge is 0.302 e. The summed E-state index contributed by atoms with van der Waals surface area (Å²) in [6.07, 6.45) is 4.52. The number of nitroso groups, excluding NO2 is 1. The van der Waals surface area contributed by atoms with E-state index in [9.17, 15) is 9.70 Å². The first-order chi connectivity index (χ1) is 15.6. The molecule has 0 N–H and O–H groups in total. The van der Waals surface area contributed by atoms with E-state index in [4.69, 9.17) is 0 Å². The fourth-order valence-corrected chi connectivity index (χ4v) is 6.85. The second-order valence-electron chi connectivity index (χ2n) is 8.36. The number of hydrogen-bond donors (Lipinski definition) is 0. The van der Waals surface area contributed by atoms with E-state index in [-0.39, 0.29) is 0 Å². The molecular weight excluding hydrogens is 446 g/mol. The second-order valence-corrected chi connectivity index (χ2v) is 10.8. The fourth-order valence-electron chi connectivity index (χ4n) is 4.13. The van der Waals surface area contributed by atoms with Crippen LogP contribution in [0.2, 0.25) is 0 Å². The van der Waals surface area contributed by atoms with Gasteiger partial charge in [-0.05, 0) is 68.7 Å². The molecule has 1 amide bonds. The number of hydrogen-bond acceptors (Lipinski definition) is 8. The maximum absolute atomic E-state index is 12.4. The van der Waals surface area contributed by atoms with Crippen LogP contribution in [0.5, 0.6) is 0 Å². The van der Waals surface area contributed by atoms with Gasteiger partial charge in [0.2, 0.25) is 0 Å². The van der Waals surface area contributed by atoms with Crippen molar-refractivity contribution in [1.29, 1.82) is 0 Å². The minimum Gasteiger partial charge on any atom is -0.267 e. The van der Waals surface area contributed by atoms with E-state index in [0.29, 0.717) is 29.9 Å². The first-order valence-corrected chi connectivity index (χ1v) is 12.2. The van der Waals surface area contributed by atoms with Crippen LogP contribution in [0.25, 0.3) is 22.0 Å². The Bertz CT molecular complexity index is 1360. The summed E-state index contributed by atoms with van der Waals surface area (Å²) in [4.78, 5) is 24.8. The highest BCUT2D eigenvalue weighted by molar-refractivity contribution is 8.01. The Morgan fingerprint density at radius 1 is 1.22 bits per heavy atom. The first-order valence-electron chi connectivity index (χ1n) is 10.5. The lowest BCUT2D eigenvalue weighted by Gasteiger charge is -2.36. The highest BCUT2D eigenvalue weighted by Gasteiger charge is 2.48. The second kappa shape index (κ2) is 7.31. The topological polar surface area (TPSA) is 108 Å². The van der Waals surface area contributed by atoms with Crippen LogP contribution in [0.4, 0.5) is 0 Å². The zero-order valence-corrected chi connectivity index (χ0v) is 18.9. The van der Waals surface area contributed by atoms with Crippen LogP contribution in [0.15, 0.2) is 40.7 Å². The van der Waals surface area contributed by atoms with E-state index in [0.717, 1.165) is 22.5 Å². The SMILES string of the molecule is Cc1cc(-n2c(SC3(C(=O)N=O)CCC3)nnc2-n2nnc3ccccc32)sc1C1CC1. The van der Waals surface area contributed by atoms with Gasteiger partial charge < -0.3 is 0 Å². The number of thioether (sulfide) groups is 1. The minimum absolute atomic E-state index is 0.505. The third-order valence-corrected chi connectivity index (χ3v) is 8.99. The Labute approximate surface area is 191 Å². The van der Waals surface area contributed by atoms with Gasteiger partial charge in [0.05, 0.1) is 5.52 Å². The summed E-state index contributed by atoms with van der Waals surface area (Å²) in [5, 5.41) is 21.7. The standard InChI is InChI=1S/C21H19N7O2S2/c1-12-11-16(31-17(12)13-7-8-13)27-19(28-15-6-3-2-5-14(15)22-26-28)23-24-20(27)32-21(9-4-10-21)18(29)25-30/h2-3,5-6,11,13H,4,7-10H2,1H3. The van der Waals surface area contributed by atoms with E-state index in [1.807, 2.05) is 28.8 Å². The molecule has 11 heteroatoms. The molecule has 0 radical (unpaired) electrons. The van der Waals surface area contributed by atoms with Gasteiger partial charge in [0.15, 0.2) is 5.16 Å².